The predicted octanol–water partition coefficient (Wildman–Crippen LogP) is -1.41. The van der Waals surface area contributed by atoms with Crippen molar-refractivity contribution in [2.75, 3.05) is 0 Å². The third-order valence-corrected chi connectivity index (χ3v) is 3.35. The lowest BCUT2D eigenvalue weighted by Crippen LogP contribution is -2.63. The Labute approximate surface area is 81.3 Å². The van der Waals surface area contributed by atoms with Gasteiger partial charge in [0.2, 0.25) is 0 Å². The number of hydrogen-bond acceptors (Lipinski definition) is 5. The molecular weight excluding hydrogens is 188 g/mol. The van der Waals surface area contributed by atoms with Crippen LogP contribution >= 0.6 is 0 Å². The van der Waals surface area contributed by atoms with Crippen molar-refractivity contribution in [2.24, 2.45) is 0 Å². The molecule has 5 heteroatoms. The lowest BCUT2D eigenvalue weighted by molar-refractivity contribution is -0.262. The van der Waals surface area contributed by atoms with Gasteiger partial charge in [-0.25, -0.2) is 0 Å². The van der Waals surface area contributed by atoms with Crippen LogP contribution in [0, 0.1) is 0 Å². The highest BCUT2D eigenvalue weighted by molar-refractivity contribution is 5.91. The number of aliphatic hydroxyl groups excluding tert-OH is 3. The van der Waals surface area contributed by atoms with Gasteiger partial charge in [0, 0.05) is 6.42 Å². The van der Waals surface area contributed by atoms with Crippen LogP contribution in [0.15, 0.2) is 0 Å². The molecule has 2 bridgehead atoms. The van der Waals surface area contributed by atoms with Crippen LogP contribution in [0.1, 0.15) is 20.3 Å². The highest BCUT2D eigenvalue weighted by Gasteiger charge is 2.65. The van der Waals surface area contributed by atoms with Crippen LogP contribution in [-0.4, -0.2) is 50.6 Å². The van der Waals surface area contributed by atoms with Crippen LogP contribution in [0.5, 0.6) is 0 Å². The summed E-state index contributed by atoms with van der Waals surface area (Å²) >= 11 is 0. The molecular formula is C9H14O5. The average Bonchev–Trinajstić information content (AvgIpc) is 2.33. The van der Waals surface area contributed by atoms with Crippen LogP contribution in [0.4, 0.5) is 0 Å². The number of carbonyl (C=O) groups is 1. The summed E-state index contributed by atoms with van der Waals surface area (Å²) in [5.74, 6) is -0.275. The van der Waals surface area contributed by atoms with E-state index in [1.54, 1.807) is 6.92 Å². The molecule has 0 unspecified atom stereocenters. The fraction of sp³-hybridized carbons (Fsp3) is 0.889. The summed E-state index contributed by atoms with van der Waals surface area (Å²) in [5.41, 5.74) is -2.43. The van der Waals surface area contributed by atoms with Gasteiger partial charge in [0.15, 0.2) is 11.4 Å². The summed E-state index contributed by atoms with van der Waals surface area (Å²) in [6.45, 7) is 3.01. The number of hydrogen-bond donors (Lipinski definition) is 3. The third kappa shape index (κ3) is 0.954. The van der Waals surface area contributed by atoms with Crippen molar-refractivity contribution in [2.45, 2.75) is 49.8 Å². The maximum atomic E-state index is 11.6. The predicted molar refractivity (Wildman–Crippen MR) is 45.5 cm³/mol. The standard InChI is InChI=1S/C9H14O5/c1-8-3-4(10)9(2,14-8)7(13)5(11)6(8)12/h5-7,11-13H,3H2,1-2H3/t5-,6-,7+,8-,9+/m0/s1. The van der Waals surface area contributed by atoms with Crippen LogP contribution < -0.4 is 0 Å². The SMILES string of the molecule is C[C@@]12CC(=O)[C@@](C)(O1)[C@H](O)[C@@H](O)[C@@H]2O. The maximum absolute atomic E-state index is 11.6. The van der Waals surface area contributed by atoms with E-state index in [-0.39, 0.29) is 12.2 Å². The first kappa shape index (κ1) is 10.0. The Bertz CT molecular complexity index is 291. The van der Waals surface area contributed by atoms with E-state index in [0.29, 0.717) is 0 Å². The highest BCUT2D eigenvalue weighted by Crippen LogP contribution is 2.45. The summed E-state index contributed by atoms with van der Waals surface area (Å²) < 4.78 is 5.37. The second-order valence-corrected chi connectivity index (χ2v) is 4.50. The molecule has 0 aromatic rings. The molecule has 2 aliphatic rings. The Morgan fingerprint density at radius 3 is 2.43 bits per heavy atom. The fourth-order valence-corrected chi connectivity index (χ4v) is 2.32. The Morgan fingerprint density at radius 1 is 1.29 bits per heavy atom. The average molecular weight is 202 g/mol. The molecule has 2 heterocycles. The monoisotopic (exact) mass is 202 g/mol. The highest BCUT2D eigenvalue weighted by atomic mass is 16.6. The Hall–Kier alpha value is -0.490. The largest absolute Gasteiger partial charge is 0.387 e. The number of ether oxygens (including phenoxy) is 1. The summed E-state index contributed by atoms with van der Waals surface area (Å²) in [6.07, 6.45) is -3.89. The Balaban J connectivity index is 2.45. The van der Waals surface area contributed by atoms with Crippen LogP contribution in [0.3, 0.4) is 0 Å². The van der Waals surface area contributed by atoms with Crippen molar-refractivity contribution in [3.63, 3.8) is 0 Å². The van der Waals surface area contributed by atoms with Crippen molar-refractivity contribution in [1.82, 2.24) is 0 Å². The van der Waals surface area contributed by atoms with Crippen molar-refractivity contribution in [3.05, 3.63) is 0 Å². The van der Waals surface area contributed by atoms with E-state index in [9.17, 15) is 20.1 Å². The Kier molecular flexibility index (Phi) is 1.83. The number of carbonyl (C=O) groups excluding carboxylic acids is 1. The molecule has 3 N–H and O–H groups in total. The summed E-state index contributed by atoms with van der Waals surface area (Å²) in [7, 11) is 0. The van der Waals surface area contributed by atoms with Gasteiger partial charge in [0.1, 0.15) is 23.9 Å². The van der Waals surface area contributed by atoms with Crippen molar-refractivity contribution >= 4 is 5.78 Å². The minimum atomic E-state index is -1.37. The topological polar surface area (TPSA) is 87.0 Å². The van der Waals surface area contributed by atoms with E-state index < -0.39 is 29.5 Å². The Morgan fingerprint density at radius 2 is 1.86 bits per heavy atom. The molecule has 2 saturated heterocycles. The number of aliphatic hydroxyl groups is 3. The van der Waals surface area contributed by atoms with E-state index in [2.05, 4.69) is 0 Å². The van der Waals surface area contributed by atoms with Crippen molar-refractivity contribution in [1.29, 1.82) is 0 Å². The smallest absolute Gasteiger partial charge is 0.170 e. The van der Waals surface area contributed by atoms with Gasteiger partial charge >= 0.3 is 0 Å². The first-order chi connectivity index (χ1) is 6.31. The van der Waals surface area contributed by atoms with Crippen LogP contribution in [-0.2, 0) is 9.53 Å². The van der Waals surface area contributed by atoms with Gasteiger partial charge in [0.05, 0.1) is 0 Å². The van der Waals surface area contributed by atoms with Gasteiger partial charge in [-0.2, -0.15) is 0 Å². The van der Waals surface area contributed by atoms with E-state index in [1.165, 1.54) is 6.92 Å². The van der Waals surface area contributed by atoms with Gasteiger partial charge in [-0.1, -0.05) is 0 Å². The lowest BCUT2D eigenvalue weighted by atomic mass is 9.87. The number of Topliss-reactive ketones (excluding diaryl/α,β-unsaturated/α-hetero) is 1. The molecule has 0 spiro atoms. The summed E-state index contributed by atoms with van der Waals surface area (Å²) in [5, 5.41) is 28.8. The zero-order valence-corrected chi connectivity index (χ0v) is 8.10. The number of ketones is 1. The van der Waals surface area contributed by atoms with Gasteiger partial charge < -0.3 is 20.1 Å². The molecule has 2 fully saturated rings. The quantitative estimate of drug-likeness (QED) is 0.449. The fourth-order valence-electron chi connectivity index (χ4n) is 2.32. The molecule has 0 aliphatic carbocycles. The van der Waals surface area contributed by atoms with E-state index in [4.69, 9.17) is 4.74 Å². The first-order valence-electron chi connectivity index (χ1n) is 4.59. The number of fused-ring (bicyclic) bond motifs is 2. The van der Waals surface area contributed by atoms with E-state index >= 15 is 0 Å². The lowest BCUT2D eigenvalue weighted by Gasteiger charge is -2.44. The van der Waals surface area contributed by atoms with Crippen molar-refractivity contribution in [3.8, 4) is 0 Å². The zero-order chi connectivity index (χ0) is 10.7. The molecule has 0 aromatic carbocycles. The second kappa shape index (κ2) is 2.55. The molecule has 0 radical (unpaired) electrons. The summed E-state index contributed by atoms with van der Waals surface area (Å²) in [6, 6.07) is 0. The molecule has 2 aliphatic heterocycles. The molecule has 2 rings (SSSR count). The molecule has 0 saturated carbocycles. The number of rotatable bonds is 0. The maximum Gasteiger partial charge on any atom is 0.170 e. The molecule has 5 atom stereocenters. The zero-order valence-electron chi connectivity index (χ0n) is 8.10. The van der Waals surface area contributed by atoms with Crippen LogP contribution in [0.25, 0.3) is 0 Å². The van der Waals surface area contributed by atoms with Crippen molar-refractivity contribution < 1.29 is 24.9 Å². The van der Waals surface area contributed by atoms with Gasteiger partial charge in [-0.15, -0.1) is 0 Å². The molecule has 5 nitrogen and oxygen atoms in total. The molecule has 0 amide bonds. The molecule has 14 heavy (non-hydrogen) atoms. The van der Waals surface area contributed by atoms with Gasteiger partial charge in [-0.3, -0.25) is 4.79 Å². The van der Waals surface area contributed by atoms with E-state index in [1.807, 2.05) is 0 Å². The van der Waals surface area contributed by atoms with E-state index in [0.717, 1.165) is 0 Å². The minimum Gasteiger partial charge on any atom is -0.387 e. The normalized spacial score (nSPS) is 57.8. The third-order valence-electron chi connectivity index (χ3n) is 3.35. The minimum absolute atomic E-state index is 0.0266. The second-order valence-electron chi connectivity index (χ2n) is 4.50. The van der Waals surface area contributed by atoms with Crippen LogP contribution in [0.2, 0.25) is 0 Å². The van der Waals surface area contributed by atoms with Gasteiger partial charge in [-0.05, 0) is 13.8 Å². The molecule has 0 aromatic heterocycles. The van der Waals surface area contributed by atoms with Gasteiger partial charge in [0.25, 0.3) is 0 Å². The molecule has 80 valence electrons. The first-order valence-corrected chi connectivity index (χ1v) is 4.59. The summed E-state index contributed by atoms with van der Waals surface area (Å²) in [4.78, 5) is 11.6.